The topological polar surface area (TPSA) is 70.0 Å². The lowest BCUT2D eigenvalue weighted by molar-refractivity contribution is 0.602. The summed E-state index contributed by atoms with van der Waals surface area (Å²) in [5.74, 6) is 0.437. The molecule has 0 radical (unpaired) electrons. The van der Waals surface area contributed by atoms with Gasteiger partial charge in [-0.15, -0.1) is 0 Å². The summed E-state index contributed by atoms with van der Waals surface area (Å²) in [7, 11) is -2.87. The van der Waals surface area contributed by atoms with Crippen LogP contribution in [0.2, 0.25) is 0 Å². The van der Waals surface area contributed by atoms with Gasteiger partial charge in [0, 0.05) is 16.2 Å². The number of nitriles is 1. The van der Waals surface area contributed by atoms with E-state index < -0.39 is 9.84 Å². The lowest BCUT2D eigenvalue weighted by Crippen LogP contribution is -2.20. The summed E-state index contributed by atoms with van der Waals surface area (Å²) < 4.78 is 23.3. The SMILES string of the molecule is N#Cc1ccc(NC2CCS(=O)(=O)C2)cc1Br. The quantitative estimate of drug-likeness (QED) is 0.905. The van der Waals surface area contributed by atoms with Crippen LogP contribution in [0.1, 0.15) is 12.0 Å². The second-order valence-corrected chi connectivity index (χ2v) is 7.13. The number of rotatable bonds is 2. The molecule has 0 aromatic heterocycles. The van der Waals surface area contributed by atoms with E-state index in [0.29, 0.717) is 16.5 Å². The summed E-state index contributed by atoms with van der Waals surface area (Å²) in [5, 5.41) is 12.0. The number of hydrogen-bond donors (Lipinski definition) is 1. The van der Waals surface area contributed by atoms with E-state index >= 15 is 0 Å². The van der Waals surface area contributed by atoms with Crippen molar-refractivity contribution < 1.29 is 8.42 Å². The van der Waals surface area contributed by atoms with Gasteiger partial charge >= 0.3 is 0 Å². The number of nitrogens with zero attached hydrogens (tertiary/aromatic N) is 1. The summed E-state index contributed by atoms with van der Waals surface area (Å²) >= 11 is 3.30. The Balaban J connectivity index is 2.11. The standard InChI is InChI=1S/C11H11BrN2O2S/c12-11-5-9(2-1-8(11)6-13)14-10-3-4-17(15,16)7-10/h1-2,5,10,14H,3-4,7H2. The average Bonchev–Trinajstić information content (AvgIpc) is 2.58. The van der Waals surface area contributed by atoms with Crippen LogP contribution >= 0.6 is 15.9 Å². The summed E-state index contributed by atoms with van der Waals surface area (Å²) in [5.41, 5.74) is 1.40. The molecule has 1 aliphatic rings. The van der Waals surface area contributed by atoms with Crippen molar-refractivity contribution in [3.8, 4) is 6.07 Å². The summed E-state index contributed by atoms with van der Waals surface area (Å²) in [4.78, 5) is 0. The van der Waals surface area contributed by atoms with Crippen LogP contribution in [0.25, 0.3) is 0 Å². The third-order valence-corrected chi connectivity index (χ3v) is 5.12. The second kappa shape index (κ2) is 4.67. The molecule has 6 heteroatoms. The minimum Gasteiger partial charge on any atom is -0.381 e. The number of sulfone groups is 1. The highest BCUT2D eigenvalue weighted by atomic mass is 79.9. The Labute approximate surface area is 109 Å². The molecular weight excluding hydrogens is 304 g/mol. The van der Waals surface area contributed by atoms with Crippen molar-refractivity contribution in [2.75, 3.05) is 16.8 Å². The van der Waals surface area contributed by atoms with Crippen LogP contribution in [-0.2, 0) is 9.84 Å². The van der Waals surface area contributed by atoms with Crippen LogP contribution in [0, 0.1) is 11.3 Å². The third-order valence-electron chi connectivity index (χ3n) is 2.69. The normalized spacial score (nSPS) is 22.0. The highest BCUT2D eigenvalue weighted by molar-refractivity contribution is 9.10. The van der Waals surface area contributed by atoms with Crippen molar-refractivity contribution in [3.63, 3.8) is 0 Å². The molecule has 1 unspecified atom stereocenters. The van der Waals surface area contributed by atoms with Gasteiger partial charge in [0.1, 0.15) is 6.07 Å². The van der Waals surface area contributed by atoms with Gasteiger partial charge in [0.05, 0.1) is 17.1 Å². The first-order valence-corrected chi connectivity index (χ1v) is 7.78. The van der Waals surface area contributed by atoms with Crippen molar-refractivity contribution >= 4 is 31.5 Å². The van der Waals surface area contributed by atoms with Gasteiger partial charge in [-0.25, -0.2) is 8.42 Å². The van der Waals surface area contributed by atoms with Gasteiger partial charge in [-0.2, -0.15) is 5.26 Å². The molecule has 4 nitrogen and oxygen atoms in total. The fourth-order valence-corrected chi connectivity index (χ4v) is 3.98. The second-order valence-electron chi connectivity index (χ2n) is 4.05. The molecule has 1 aromatic carbocycles. The van der Waals surface area contributed by atoms with Crippen molar-refractivity contribution in [1.29, 1.82) is 5.26 Å². The first-order valence-electron chi connectivity index (χ1n) is 5.17. The molecule has 0 spiro atoms. The number of nitrogens with one attached hydrogen (secondary N) is 1. The molecule has 17 heavy (non-hydrogen) atoms. The third kappa shape index (κ3) is 2.99. The van der Waals surface area contributed by atoms with Crippen molar-refractivity contribution in [3.05, 3.63) is 28.2 Å². The molecule has 0 bridgehead atoms. The molecule has 1 saturated heterocycles. The zero-order chi connectivity index (χ0) is 12.5. The molecule has 2 rings (SSSR count). The molecule has 1 heterocycles. The molecule has 0 saturated carbocycles. The number of halogens is 1. The van der Waals surface area contributed by atoms with Gasteiger partial charge in [0.2, 0.25) is 0 Å². The Morgan fingerprint density at radius 3 is 2.76 bits per heavy atom. The van der Waals surface area contributed by atoms with E-state index in [0.717, 1.165) is 5.69 Å². The van der Waals surface area contributed by atoms with E-state index in [2.05, 4.69) is 27.3 Å². The molecule has 1 fully saturated rings. The summed E-state index contributed by atoms with van der Waals surface area (Å²) in [6.45, 7) is 0. The molecule has 1 atom stereocenters. The van der Waals surface area contributed by atoms with Gasteiger partial charge < -0.3 is 5.32 Å². The number of anilines is 1. The van der Waals surface area contributed by atoms with Crippen molar-refractivity contribution in [2.45, 2.75) is 12.5 Å². The minimum atomic E-state index is -2.87. The molecule has 0 amide bonds. The van der Waals surface area contributed by atoms with Crippen molar-refractivity contribution in [1.82, 2.24) is 0 Å². The summed E-state index contributed by atoms with van der Waals surface area (Å²) in [6.07, 6.45) is 0.639. The van der Waals surface area contributed by atoms with Gasteiger partial charge in [-0.05, 0) is 40.5 Å². The Bertz CT molecular complexity index is 578. The Kier molecular flexibility index (Phi) is 3.40. The smallest absolute Gasteiger partial charge is 0.152 e. The fourth-order valence-electron chi connectivity index (χ4n) is 1.84. The predicted molar refractivity (Wildman–Crippen MR) is 69.5 cm³/mol. The maximum Gasteiger partial charge on any atom is 0.152 e. The maximum atomic E-state index is 11.3. The monoisotopic (exact) mass is 314 g/mol. The Morgan fingerprint density at radius 1 is 1.47 bits per heavy atom. The fraction of sp³-hybridized carbons (Fsp3) is 0.364. The Hall–Kier alpha value is -1.06. The van der Waals surface area contributed by atoms with Crippen LogP contribution in [-0.4, -0.2) is 26.0 Å². The van der Waals surface area contributed by atoms with Gasteiger partial charge in [-0.3, -0.25) is 0 Å². The first-order chi connectivity index (χ1) is 8.00. The lowest BCUT2D eigenvalue weighted by Gasteiger charge is -2.12. The minimum absolute atomic E-state index is 0.0279. The average molecular weight is 315 g/mol. The van der Waals surface area contributed by atoms with E-state index in [1.54, 1.807) is 18.2 Å². The lowest BCUT2D eigenvalue weighted by atomic mass is 10.2. The molecular formula is C11H11BrN2O2S. The maximum absolute atomic E-state index is 11.3. The molecule has 1 aromatic rings. The van der Waals surface area contributed by atoms with E-state index in [9.17, 15) is 8.42 Å². The van der Waals surface area contributed by atoms with Crippen LogP contribution < -0.4 is 5.32 Å². The van der Waals surface area contributed by atoms with Gasteiger partial charge in [0.15, 0.2) is 9.84 Å². The molecule has 1 aliphatic heterocycles. The Morgan fingerprint density at radius 2 is 2.24 bits per heavy atom. The van der Waals surface area contributed by atoms with Crippen LogP contribution in [0.15, 0.2) is 22.7 Å². The highest BCUT2D eigenvalue weighted by Gasteiger charge is 2.27. The van der Waals surface area contributed by atoms with E-state index in [4.69, 9.17) is 5.26 Å². The predicted octanol–water partition coefficient (Wildman–Crippen LogP) is 1.92. The zero-order valence-electron chi connectivity index (χ0n) is 8.98. The number of benzene rings is 1. The highest BCUT2D eigenvalue weighted by Crippen LogP contribution is 2.23. The van der Waals surface area contributed by atoms with Crippen molar-refractivity contribution in [2.24, 2.45) is 0 Å². The molecule has 1 N–H and O–H groups in total. The molecule has 0 aliphatic carbocycles. The van der Waals surface area contributed by atoms with E-state index in [1.165, 1.54) is 0 Å². The largest absolute Gasteiger partial charge is 0.381 e. The zero-order valence-corrected chi connectivity index (χ0v) is 11.4. The van der Waals surface area contributed by atoms with E-state index in [1.807, 2.05) is 0 Å². The summed E-state index contributed by atoms with van der Waals surface area (Å²) in [6, 6.07) is 7.32. The van der Waals surface area contributed by atoms with Gasteiger partial charge in [-0.1, -0.05) is 0 Å². The van der Waals surface area contributed by atoms with E-state index in [-0.39, 0.29) is 17.5 Å². The van der Waals surface area contributed by atoms with Crippen LogP contribution in [0.4, 0.5) is 5.69 Å². The van der Waals surface area contributed by atoms with Crippen LogP contribution in [0.3, 0.4) is 0 Å². The first kappa shape index (κ1) is 12.4. The van der Waals surface area contributed by atoms with Gasteiger partial charge in [0.25, 0.3) is 0 Å². The van der Waals surface area contributed by atoms with Crippen LogP contribution in [0.5, 0.6) is 0 Å². The number of hydrogen-bond acceptors (Lipinski definition) is 4. The molecule has 90 valence electrons.